The van der Waals surface area contributed by atoms with E-state index in [1.54, 1.807) is 13.8 Å². The Morgan fingerprint density at radius 3 is 2.18 bits per heavy atom. The molecule has 2 bridgehead atoms. The molecule has 2 saturated carbocycles. The Balaban J connectivity index is 2.18. The van der Waals surface area contributed by atoms with E-state index in [4.69, 9.17) is 13.7 Å². The lowest BCUT2D eigenvalue weighted by atomic mass is 9.78. The van der Waals surface area contributed by atoms with Gasteiger partial charge in [-0.3, -0.25) is 13.5 Å². The number of carbonyl (C=O) groups is 2. The summed E-state index contributed by atoms with van der Waals surface area (Å²) < 4.78 is 36.3. The van der Waals surface area contributed by atoms with Crippen LogP contribution in [0, 0.1) is 16.2 Å². The largest absolute Gasteiger partial charge is 0.456 e. The molecule has 9 nitrogen and oxygen atoms in total. The van der Waals surface area contributed by atoms with Crippen molar-refractivity contribution >= 4 is 23.3 Å². The Hall–Kier alpha value is -1.07. The van der Waals surface area contributed by atoms with Crippen molar-refractivity contribution in [3.05, 3.63) is 0 Å². The van der Waals surface area contributed by atoms with Gasteiger partial charge in [-0.2, -0.15) is 4.21 Å². The first-order valence-electron chi connectivity index (χ1n) is 9.38. The molecule has 0 aromatic carbocycles. The number of aliphatic hydroxyl groups excluding tert-OH is 2. The lowest BCUT2D eigenvalue weighted by molar-refractivity contribution is -0.186. The zero-order valence-electron chi connectivity index (χ0n) is 16.7. The standard InChI is InChI=1S/C18H30O9S/c1-5-16(3,4)15(22)25-11(2)14(21)26-12-13(27-28(23)24)18(10-20)7-6-17(12,8-18)9-19/h11-13,19-20H,5-10H2,1-4H3,(H,23,24). The van der Waals surface area contributed by atoms with Crippen LogP contribution in [0.2, 0.25) is 0 Å². The Bertz CT molecular complexity index is 637. The molecule has 0 spiro atoms. The highest BCUT2D eigenvalue weighted by Crippen LogP contribution is 2.63. The minimum absolute atomic E-state index is 0.295. The maximum Gasteiger partial charge on any atom is 0.347 e. The summed E-state index contributed by atoms with van der Waals surface area (Å²) in [5.41, 5.74) is -2.52. The van der Waals surface area contributed by atoms with E-state index < -0.39 is 57.9 Å². The number of ether oxygens (including phenoxy) is 2. The second kappa shape index (κ2) is 8.35. The predicted octanol–water partition coefficient (Wildman–Crippen LogP) is 0.943. The second-order valence-electron chi connectivity index (χ2n) is 8.59. The molecule has 2 fully saturated rings. The number of hydrogen-bond acceptors (Lipinski definition) is 8. The van der Waals surface area contributed by atoms with Crippen molar-refractivity contribution in [3.8, 4) is 0 Å². The molecule has 2 aliphatic carbocycles. The lowest BCUT2D eigenvalue weighted by Gasteiger charge is -2.39. The summed E-state index contributed by atoms with van der Waals surface area (Å²) in [5.74, 6) is -1.38. The van der Waals surface area contributed by atoms with Gasteiger partial charge in [0.2, 0.25) is 0 Å². The van der Waals surface area contributed by atoms with Gasteiger partial charge < -0.3 is 19.7 Å². The van der Waals surface area contributed by atoms with Gasteiger partial charge in [0, 0.05) is 10.8 Å². The fraction of sp³-hybridized carbons (Fsp3) is 0.889. The molecule has 0 saturated heterocycles. The van der Waals surface area contributed by atoms with Crippen molar-refractivity contribution in [2.75, 3.05) is 13.2 Å². The predicted molar refractivity (Wildman–Crippen MR) is 98.0 cm³/mol. The van der Waals surface area contributed by atoms with E-state index in [1.807, 2.05) is 6.92 Å². The third kappa shape index (κ3) is 4.11. The molecule has 0 heterocycles. The minimum Gasteiger partial charge on any atom is -0.456 e. The molecular formula is C18H30O9S. The number of hydrogen-bond donors (Lipinski definition) is 3. The number of rotatable bonds is 9. The molecule has 0 aromatic heterocycles. The molecule has 0 aromatic rings. The summed E-state index contributed by atoms with van der Waals surface area (Å²) in [5, 5.41) is 19.8. The van der Waals surface area contributed by atoms with Crippen molar-refractivity contribution < 1.29 is 42.2 Å². The first-order valence-corrected chi connectivity index (χ1v) is 10.4. The average molecular weight is 422 g/mol. The maximum atomic E-state index is 12.6. The number of esters is 2. The molecule has 2 rings (SSSR count). The molecule has 2 aliphatic rings. The molecule has 0 aliphatic heterocycles. The SMILES string of the molecule is CCC(C)(C)C(=O)OC(C)C(=O)OC1C(OS(=O)O)C2(CO)CCC1(CO)C2. The van der Waals surface area contributed by atoms with Crippen molar-refractivity contribution in [3.63, 3.8) is 0 Å². The molecular weight excluding hydrogens is 392 g/mol. The van der Waals surface area contributed by atoms with Crippen LogP contribution in [0.1, 0.15) is 53.4 Å². The van der Waals surface area contributed by atoms with Gasteiger partial charge in [0.05, 0.1) is 18.6 Å². The van der Waals surface area contributed by atoms with Gasteiger partial charge in [0.15, 0.2) is 6.10 Å². The van der Waals surface area contributed by atoms with Gasteiger partial charge in [-0.1, -0.05) is 6.92 Å². The van der Waals surface area contributed by atoms with Crippen LogP contribution in [-0.2, 0) is 34.6 Å². The summed E-state index contributed by atoms with van der Waals surface area (Å²) in [4.78, 5) is 24.8. The molecule has 28 heavy (non-hydrogen) atoms. The zero-order valence-corrected chi connectivity index (χ0v) is 17.5. The molecule has 3 N–H and O–H groups in total. The first kappa shape index (κ1) is 23.2. The van der Waals surface area contributed by atoms with Gasteiger partial charge in [0.25, 0.3) is 0 Å². The third-order valence-electron chi connectivity index (χ3n) is 6.42. The monoisotopic (exact) mass is 422 g/mol. The van der Waals surface area contributed by atoms with E-state index in [9.17, 15) is 28.6 Å². The number of carbonyl (C=O) groups excluding carboxylic acids is 2. The molecule has 162 valence electrons. The van der Waals surface area contributed by atoms with E-state index in [0.29, 0.717) is 25.7 Å². The van der Waals surface area contributed by atoms with E-state index in [-0.39, 0.29) is 13.2 Å². The summed E-state index contributed by atoms with van der Waals surface area (Å²) >= 11 is -2.64. The zero-order chi connectivity index (χ0) is 21.3. The van der Waals surface area contributed by atoms with Crippen LogP contribution < -0.4 is 0 Å². The minimum atomic E-state index is -2.64. The fourth-order valence-corrected chi connectivity index (χ4v) is 4.60. The van der Waals surface area contributed by atoms with Crippen molar-refractivity contribution in [1.82, 2.24) is 0 Å². The van der Waals surface area contributed by atoms with Gasteiger partial charge in [-0.15, -0.1) is 0 Å². The topological polar surface area (TPSA) is 140 Å². The Morgan fingerprint density at radius 1 is 1.18 bits per heavy atom. The normalized spacial score (nSPS) is 34.1. The highest BCUT2D eigenvalue weighted by atomic mass is 32.2. The smallest absolute Gasteiger partial charge is 0.347 e. The van der Waals surface area contributed by atoms with Crippen LogP contribution in [0.5, 0.6) is 0 Å². The summed E-state index contributed by atoms with van der Waals surface area (Å²) in [6.45, 7) is 5.95. The van der Waals surface area contributed by atoms with Gasteiger partial charge >= 0.3 is 23.3 Å². The molecule has 10 heteroatoms. The summed E-state index contributed by atoms with van der Waals surface area (Å²) in [7, 11) is 0. The Morgan fingerprint density at radius 2 is 1.71 bits per heavy atom. The van der Waals surface area contributed by atoms with E-state index in [0.717, 1.165) is 0 Å². The van der Waals surface area contributed by atoms with Crippen LogP contribution in [-0.4, -0.2) is 62.4 Å². The van der Waals surface area contributed by atoms with E-state index in [2.05, 4.69) is 0 Å². The van der Waals surface area contributed by atoms with Crippen LogP contribution in [0.15, 0.2) is 0 Å². The third-order valence-corrected chi connectivity index (χ3v) is 6.79. The van der Waals surface area contributed by atoms with Gasteiger partial charge in [-0.05, 0) is 46.5 Å². The van der Waals surface area contributed by atoms with Crippen molar-refractivity contribution in [2.24, 2.45) is 16.2 Å². The average Bonchev–Trinajstić information content (AvgIpc) is 3.15. The second-order valence-corrected chi connectivity index (χ2v) is 9.22. The number of aliphatic hydroxyl groups is 2. The molecule has 6 unspecified atom stereocenters. The summed E-state index contributed by atoms with van der Waals surface area (Å²) in [6.07, 6.45) is -1.53. The van der Waals surface area contributed by atoms with Crippen LogP contribution in [0.3, 0.4) is 0 Å². The fourth-order valence-electron chi connectivity index (χ4n) is 4.12. The number of fused-ring (bicyclic) bond motifs is 2. The van der Waals surface area contributed by atoms with Crippen molar-refractivity contribution in [2.45, 2.75) is 71.7 Å². The van der Waals surface area contributed by atoms with Gasteiger partial charge in [0.1, 0.15) is 12.2 Å². The summed E-state index contributed by atoms with van der Waals surface area (Å²) in [6, 6.07) is 0. The quantitative estimate of drug-likeness (QED) is 0.366. The van der Waals surface area contributed by atoms with E-state index >= 15 is 0 Å². The maximum absolute atomic E-state index is 12.6. The van der Waals surface area contributed by atoms with Crippen molar-refractivity contribution in [1.29, 1.82) is 0 Å². The van der Waals surface area contributed by atoms with Crippen LogP contribution >= 0.6 is 0 Å². The van der Waals surface area contributed by atoms with Crippen LogP contribution in [0.25, 0.3) is 0 Å². The highest BCUT2D eigenvalue weighted by molar-refractivity contribution is 7.74. The lowest BCUT2D eigenvalue weighted by Crippen LogP contribution is -2.51. The first-order chi connectivity index (χ1) is 13.0. The van der Waals surface area contributed by atoms with Gasteiger partial charge in [-0.25, -0.2) is 4.79 Å². The highest BCUT2D eigenvalue weighted by Gasteiger charge is 2.68. The Labute approximate surface area is 167 Å². The molecule has 0 radical (unpaired) electrons. The van der Waals surface area contributed by atoms with Crippen LogP contribution in [0.4, 0.5) is 0 Å². The van der Waals surface area contributed by atoms with E-state index in [1.165, 1.54) is 6.92 Å². The molecule has 0 amide bonds. The molecule has 6 atom stereocenters. The Kier molecular flexibility index (Phi) is 6.92.